The van der Waals surface area contributed by atoms with Crippen LogP contribution in [0.5, 0.6) is 0 Å². The number of piperidine rings is 1. The van der Waals surface area contributed by atoms with Gasteiger partial charge in [0.15, 0.2) is 5.96 Å². The third-order valence-corrected chi connectivity index (χ3v) is 5.04. The van der Waals surface area contributed by atoms with Crippen LogP contribution >= 0.6 is 24.0 Å². The first kappa shape index (κ1) is 24.0. The molecule has 2 rings (SSSR count). The number of nitrogens with two attached hydrogens (primary N) is 1. The molecule has 1 unspecified atom stereocenters. The summed E-state index contributed by atoms with van der Waals surface area (Å²) < 4.78 is 5.48. The van der Waals surface area contributed by atoms with Crippen LogP contribution in [0.2, 0.25) is 0 Å². The molecule has 1 atom stereocenters. The maximum atomic E-state index is 11.9. The van der Waals surface area contributed by atoms with Crippen LogP contribution in [0, 0.1) is 5.92 Å². The van der Waals surface area contributed by atoms with E-state index >= 15 is 0 Å². The van der Waals surface area contributed by atoms with Crippen molar-refractivity contribution in [2.75, 3.05) is 26.2 Å². The van der Waals surface area contributed by atoms with Gasteiger partial charge in [0.25, 0.3) is 0 Å². The minimum atomic E-state index is -0.237. The van der Waals surface area contributed by atoms with Crippen molar-refractivity contribution in [2.24, 2.45) is 16.6 Å². The average Bonchev–Trinajstić information content (AvgIpc) is 3.10. The second kappa shape index (κ2) is 13.2. The number of likely N-dealkylation sites (tertiary alicyclic amines) is 1. The molecule has 1 saturated heterocycles. The SMILES string of the molecule is CCNC(=NCCCC(=O)OC1CCCC1)N1CCCC(CC(N)=O)C1.I. The molecule has 1 aliphatic carbocycles. The van der Waals surface area contributed by atoms with E-state index in [1.54, 1.807) is 0 Å². The fraction of sp³-hybridized carbons (Fsp3) is 0.842. The van der Waals surface area contributed by atoms with Crippen molar-refractivity contribution < 1.29 is 14.3 Å². The van der Waals surface area contributed by atoms with Gasteiger partial charge < -0.3 is 20.7 Å². The van der Waals surface area contributed by atoms with Gasteiger partial charge in [-0.05, 0) is 57.8 Å². The molecule has 3 N–H and O–H groups in total. The standard InChI is InChI=1S/C19H34N4O3.HI/c1-2-21-19(23-12-6-7-15(14-23)13-17(20)24)22-11-5-10-18(25)26-16-8-3-4-9-16;/h15-16H,2-14H2,1H3,(H2,20,24)(H,21,22);1H. The number of nitrogens with zero attached hydrogens (tertiary/aromatic N) is 2. The molecule has 0 aromatic heterocycles. The molecule has 8 heteroatoms. The molecule has 0 radical (unpaired) electrons. The number of primary amides is 1. The Morgan fingerprint density at radius 1 is 1.22 bits per heavy atom. The molecule has 7 nitrogen and oxygen atoms in total. The van der Waals surface area contributed by atoms with Gasteiger partial charge in [-0.3, -0.25) is 14.6 Å². The highest BCUT2D eigenvalue weighted by Crippen LogP contribution is 2.21. The molecule has 156 valence electrons. The highest BCUT2D eigenvalue weighted by molar-refractivity contribution is 14.0. The van der Waals surface area contributed by atoms with E-state index in [1.165, 1.54) is 12.8 Å². The summed E-state index contributed by atoms with van der Waals surface area (Å²) in [6, 6.07) is 0. The van der Waals surface area contributed by atoms with Crippen LogP contribution in [0.1, 0.15) is 64.7 Å². The number of carbonyl (C=O) groups is 2. The predicted octanol–water partition coefficient (Wildman–Crippen LogP) is 2.42. The Morgan fingerprint density at radius 2 is 1.96 bits per heavy atom. The summed E-state index contributed by atoms with van der Waals surface area (Å²) in [4.78, 5) is 29.9. The lowest BCUT2D eigenvalue weighted by Gasteiger charge is -2.34. The molecule has 1 aliphatic heterocycles. The molecule has 1 amide bonds. The molecule has 2 aliphatic rings. The summed E-state index contributed by atoms with van der Waals surface area (Å²) in [5.74, 6) is 0.827. The van der Waals surface area contributed by atoms with Gasteiger partial charge in [0.1, 0.15) is 6.10 Å². The number of hydrogen-bond acceptors (Lipinski definition) is 4. The number of aliphatic imine (C=N–C) groups is 1. The number of nitrogens with one attached hydrogen (secondary N) is 1. The first-order valence-corrected chi connectivity index (χ1v) is 10.1. The number of hydrogen-bond donors (Lipinski definition) is 2. The summed E-state index contributed by atoms with van der Waals surface area (Å²) in [5, 5.41) is 3.32. The zero-order valence-corrected chi connectivity index (χ0v) is 18.8. The average molecular weight is 494 g/mol. The number of halogens is 1. The van der Waals surface area contributed by atoms with E-state index in [2.05, 4.69) is 15.2 Å². The van der Waals surface area contributed by atoms with Crippen LogP contribution in [-0.2, 0) is 14.3 Å². The van der Waals surface area contributed by atoms with Crippen LogP contribution in [0.4, 0.5) is 0 Å². The second-order valence-corrected chi connectivity index (χ2v) is 7.36. The van der Waals surface area contributed by atoms with Crippen molar-refractivity contribution in [3.63, 3.8) is 0 Å². The lowest BCUT2D eigenvalue weighted by Crippen LogP contribution is -2.47. The van der Waals surface area contributed by atoms with E-state index in [0.717, 1.165) is 51.3 Å². The largest absolute Gasteiger partial charge is 0.462 e. The Balaban J connectivity index is 0.00000364. The fourth-order valence-electron chi connectivity index (χ4n) is 3.79. The van der Waals surface area contributed by atoms with Crippen molar-refractivity contribution in [1.82, 2.24) is 10.2 Å². The predicted molar refractivity (Wildman–Crippen MR) is 117 cm³/mol. The summed E-state index contributed by atoms with van der Waals surface area (Å²) in [6.07, 6.45) is 8.11. The smallest absolute Gasteiger partial charge is 0.306 e. The van der Waals surface area contributed by atoms with Crippen molar-refractivity contribution in [3.05, 3.63) is 0 Å². The molecule has 0 aromatic rings. The van der Waals surface area contributed by atoms with E-state index in [0.29, 0.717) is 31.7 Å². The number of esters is 1. The van der Waals surface area contributed by atoms with E-state index in [-0.39, 0.29) is 42.0 Å². The molecule has 0 aromatic carbocycles. The summed E-state index contributed by atoms with van der Waals surface area (Å²) in [6.45, 7) is 5.17. The van der Waals surface area contributed by atoms with Crippen molar-refractivity contribution in [2.45, 2.75) is 70.8 Å². The quantitative estimate of drug-likeness (QED) is 0.178. The van der Waals surface area contributed by atoms with Crippen LogP contribution in [0.3, 0.4) is 0 Å². The first-order valence-electron chi connectivity index (χ1n) is 10.1. The normalized spacial score (nSPS) is 20.9. The van der Waals surface area contributed by atoms with E-state index in [1.807, 2.05) is 6.92 Å². The molecule has 0 spiro atoms. The molecule has 1 heterocycles. The number of rotatable bonds is 8. The Hall–Kier alpha value is -1.06. The Morgan fingerprint density at radius 3 is 2.63 bits per heavy atom. The van der Waals surface area contributed by atoms with Gasteiger partial charge in [-0.25, -0.2) is 0 Å². The second-order valence-electron chi connectivity index (χ2n) is 7.36. The van der Waals surface area contributed by atoms with Gasteiger partial charge in [-0.1, -0.05) is 0 Å². The third kappa shape index (κ3) is 9.12. The minimum Gasteiger partial charge on any atom is -0.462 e. The zero-order chi connectivity index (χ0) is 18.8. The van der Waals surface area contributed by atoms with E-state index in [4.69, 9.17) is 10.5 Å². The molecule has 27 heavy (non-hydrogen) atoms. The zero-order valence-electron chi connectivity index (χ0n) is 16.5. The summed E-state index contributed by atoms with van der Waals surface area (Å²) >= 11 is 0. The Kier molecular flexibility index (Phi) is 11.7. The van der Waals surface area contributed by atoms with Crippen LogP contribution < -0.4 is 11.1 Å². The Labute approximate surface area is 179 Å². The topological polar surface area (TPSA) is 97.0 Å². The lowest BCUT2D eigenvalue weighted by atomic mass is 9.95. The number of amides is 1. The van der Waals surface area contributed by atoms with Crippen molar-refractivity contribution in [3.8, 4) is 0 Å². The lowest BCUT2D eigenvalue weighted by molar-refractivity contribution is -0.148. The molecule has 2 fully saturated rings. The molecular weight excluding hydrogens is 459 g/mol. The summed E-state index contributed by atoms with van der Waals surface area (Å²) in [7, 11) is 0. The van der Waals surface area contributed by atoms with Gasteiger partial charge in [0, 0.05) is 39.0 Å². The van der Waals surface area contributed by atoms with Crippen LogP contribution in [-0.4, -0.2) is 55.0 Å². The first-order chi connectivity index (χ1) is 12.6. The van der Waals surface area contributed by atoms with Gasteiger partial charge >= 0.3 is 5.97 Å². The highest BCUT2D eigenvalue weighted by atomic mass is 127. The Bertz CT molecular complexity index is 495. The van der Waals surface area contributed by atoms with Gasteiger partial charge in [-0.2, -0.15) is 0 Å². The van der Waals surface area contributed by atoms with Crippen LogP contribution in [0.25, 0.3) is 0 Å². The molecule has 0 bridgehead atoms. The van der Waals surface area contributed by atoms with E-state index < -0.39 is 0 Å². The highest BCUT2D eigenvalue weighted by Gasteiger charge is 2.23. The van der Waals surface area contributed by atoms with E-state index in [9.17, 15) is 9.59 Å². The molecule has 1 saturated carbocycles. The minimum absolute atomic E-state index is 0. The maximum absolute atomic E-state index is 11.9. The van der Waals surface area contributed by atoms with Crippen LogP contribution in [0.15, 0.2) is 4.99 Å². The number of guanidine groups is 1. The summed E-state index contributed by atoms with van der Waals surface area (Å²) in [5.41, 5.74) is 5.34. The van der Waals surface area contributed by atoms with Gasteiger partial charge in [-0.15, -0.1) is 24.0 Å². The molecular formula is C19H35IN4O3. The van der Waals surface area contributed by atoms with Gasteiger partial charge in [0.05, 0.1) is 0 Å². The monoisotopic (exact) mass is 494 g/mol. The van der Waals surface area contributed by atoms with Gasteiger partial charge in [0.2, 0.25) is 5.91 Å². The van der Waals surface area contributed by atoms with Crippen molar-refractivity contribution >= 4 is 41.8 Å². The number of carbonyl (C=O) groups excluding carboxylic acids is 2. The maximum Gasteiger partial charge on any atom is 0.306 e. The fourth-order valence-corrected chi connectivity index (χ4v) is 3.79. The van der Waals surface area contributed by atoms with Crippen molar-refractivity contribution in [1.29, 1.82) is 0 Å². The number of ether oxygens (including phenoxy) is 1. The third-order valence-electron chi connectivity index (χ3n) is 5.04.